The predicted octanol–water partition coefficient (Wildman–Crippen LogP) is 3.08. The summed E-state index contributed by atoms with van der Waals surface area (Å²) in [6.45, 7) is 22.3. The standard InChI is InChI=1S/C15H34N2O2Si/c1-9-18-14(3)17-13(2)12-16-10-11-19-20(7,8)15(4,5)6/h14,16-17H,2,9-12H2,1,3-8H3. The highest BCUT2D eigenvalue weighted by molar-refractivity contribution is 6.74. The molecule has 2 N–H and O–H groups in total. The minimum absolute atomic E-state index is 0.0118. The predicted molar refractivity (Wildman–Crippen MR) is 89.4 cm³/mol. The zero-order chi connectivity index (χ0) is 15.8. The van der Waals surface area contributed by atoms with E-state index in [1.807, 2.05) is 13.8 Å². The summed E-state index contributed by atoms with van der Waals surface area (Å²) in [4.78, 5) is 0. The molecule has 0 radical (unpaired) electrons. The van der Waals surface area contributed by atoms with E-state index in [4.69, 9.17) is 9.16 Å². The molecule has 0 aromatic rings. The fourth-order valence-electron chi connectivity index (χ4n) is 1.46. The molecule has 1 atom stereocenters. The van der Waals surface area contributed by atoms with Crippen LogP contribution in [0.25, 0.3) is 0 Å². The molecule has 4 nitrogen and oxygen atoms in total. The molecule has 0 aromatic carbocycles. The van der Waals surface area contributed by atoms with Gasteiger partial charge in [-0.3, -0.25) is 0 Å². The van der Waals surface area contributed by atoms with Crippen LogP contribution in [0.3, 0.4) is 0 Å². The third-order valence-electron chi connectivity index (χ3n) is 3.71. The first-order valence-electron chi connectivity index (χ1n) is 7.50. The van der Waals surface area contributed by atoms with Crippen molar-refractivity contribution in [3.63, 3.8) is 0 Å². The molecule has 0 aliphatic rings. The molecule has 0 aliphatic carbocycles. The van der Waals surface area contributed by atoms with Crippen LogP contribution in [0.2, 0.25) is 18.1 Å². The van der Waals surface area contributed by atoms with Gasteiger partial charge in [-0.25, -0.2) is 0 Å². The Kier molecular flexibility index (Phi) is 8.66. The molecule has 20 heavy (non-hydrogen) atoms. The van der Waals surface area contributed by atoms with E-state index in [1.165, 1.54) is 0 Å². The topological polar surface area (TPSA) is 42.5 Å². The molecule has 0 aliphatic heterocycles. The first kappa shape index (κ1) is 19.6. The van der Waals surface area contributed by atoms with Gasteiger partial charge in [0.2, 0.25) is 0 Å². The average Bonchev–Trinajstić information content (AvgIpc) is 2.26. The third-order valence-corrected chi connectivity index (χ3v) is 8.25. The summed E-state index contributed by atoms with van der Waals surface area (Å²) in [5, 5.41) is 6.81. The van der Waals surface area contributed by atoms with Crippen LogP contribution < -0.4 is 10.6 Å². The Morgan fingerprint density at radius 3 is 2.40 bits per heavy atom. The van der Waals surface area contributed by atoms with Gasteiger partial charge in [0.25, 0.3) is 0 Å². The summed E-state index contributed by atoms with van der Waals surface area (Å²) in [5.74, 6) is 0. The van der Waals surface area contributed by atoms with Crippen molar-refractivity contribution in [2.45, 2.75) is 59.0 Å². The molecule has 0 fully saturated rings. The minimum Gasteiger partial charge on any atom is -0.416 e. The van der Waals surface area contributed by atoms with Gasteiger partial charge in [0, 0.05) is 32.0 Å². The molecule has 0 bridgehead atoms. The first-order chi connectivity index (χ1) is 9.10. The molecular formula is C15H34N2O2Si. The molecule has 0 spiro atoms. The second-order valence-corrected chi connectivity index (χ2v) is 11.4. The van der Waals surface area contributed by atoms with E-state index in [0.29, 0.717) is 6.61 Å². The van der Waals surface area contributed by atoms with Crippen molar-refractivity contribution < 1.29 is 9.16 Å². The summed E-state index contributed by atoms with van der Waals surface area (Å²) in [6, 6.07) is 0. The summed E-state index contributed by atoms with van der Waals surface area (Å²) in [7, 11) is -1.62. The quantitative estimate of drug-likeness (QED) is 0.370. The Balaban J connectivity index is 3.75. The van der Waals surface area contributed by atoms with E-state index in [9.17, 15) is 0 Å². The van der Waals surface area contributed by atoms with E-state index in [1.54, 1.807) is 0 Å². The summed E-state index contributed by atoms with van der Waals surface area (Å²) >= 11 is 0. The molecule has 0 aromatic heterocycles. The zero-order valence-corrected chi connectivity index (χ0v) is 15.4. The third kappa shape index (κ3) is 8.04. The van der Waals surface area contributed by atoms with Crippen molar-refractivity contribution in [1.29, 1.82) is 0 Å². The SMILES string of the molecule is C=C(CNCCO[Si](C)(C)C(C)(C)C)NC(C)OCC. The van der Waals surface area contributed by atoms with Crippen molar-refractivity contribution in [3.05, 3.63) is 12.3 Å². The van der Waals surface area contributed by atoms with Crippen LogP contribution in [0, 0.1) is 0 Å². The maximum absolute atomic E-state index is 6.10. The van der Waals surface area contributed by atoms with Crippen molar-refractivity contribution in [3.8, 4) is 0 Å². The number of nitrogens with one attached hydrogen (secondary N) is 2. The Morgan fingerprint density at radius 1 is 1.30 bits per heavy atom. The molecule has 0 rings (SSSR count). The van der Waals surface area contributed by atoms with Crippen molar-refractivity contribution in [2.75, 3.05) is 26.3 Å². The lowest BCUT2D eigenvalue weighted by molar-refractivity contribution is 0.0590. The molecule has 0 saturated heterocycles. The van der Waals surface area contributed by atoms with Crippen molar-refractivity contribution in [2.24, 2.45) is 0 Å². The van der Waals surface area contributed by atoms with Crippen LogP contribution in [-0.2, 0) is 9.16 Å². The zero-order valence-electron chi connectivity index (χ0n) is 14.4. The largest absolute Gasteiger partial charge is 0.416 e. The van der Waals surface area contributed by atoms with E-state index in [-0.39, 0.29) is 11.3 Å². The van der Waals surface area contributed by atoms with Crippen LogP contribution in [0.15, 0.2) is 12.3 Å². The van der Waals surface area contributed by atoms with Crippen LogP contribution in [0.4, 0.5) is 0 Å². The number of hydrogen-bond acceptors (Lipinski definition) is 4. The average molecular weight is 303 g/mol. The molecule has 0 amide bonds. The summed E-state index contributed by atoms with van der Waals surface area (Å²) < 4.78 is 11.5. The maximum Gasteiger partial charge on any atom is 0.192 e. The number of rotatable bonds is 10. The molecule has 0 saturated carbocycles. The summed E-state index contributed by atoms with van der Waals surface area (Å²) in [6.07, 6.45) is 0.0118. The van der Waals surface area contributed by atoms with Gasteiger partial charge in [0.15, 0.2) is 8.32 Å². The Labute approximate surface area is 126 Å². The van der Waals surface area contributed by atoms with Gasteiger partial charge in [0.1, 0.15) is 6.23 Å². The van der Waals surface area contributed by atoms with Crippen LogP contribution >= 0.6 is 0 Å². The van der Waals surface area contributed by atoms with E-state index < -0.39 is 8.32 Å². The lowest BCUT2D eigenvalue weighted by atomic mass is 10.2. The molecule has 5 heteroatoms. The fraction of sp³-hybridized carbons (Fsp3) is 0.867. The Morgan fingerprint density at radius 2 is 1.90 bits per heavy atom. The maximum atomic E-state index is 6.10. The van der Waals surface area contributed by atoms with E-state index in [2.05, 4.69) is 51.1 Å². The summed E-state index contributed by atoms with van der Waals surface area (Å²) in [5.41, 5.74) is 0.943. The van der Waals surface area contributed by atoms with Gasteiger partial charge in [-0.1, -0.05) is 27.4 Å². The monoisotopic (exact) mass is 302 g/mol. The smallest absolute Gasteiger partial charge is 0.192 e. The first-order valence-corrected chi connectivity index (χ1v) is 10.4. The molecular weight excluding hydrogens is 268 g/mol. The normalized spacial score (nSPS) is 14.2. The van der Waals surface area contributed by atoms with Crippen LogP contribution in [0.1, 0.15) is 34.6 Å². The van der Waals surface area contributed by atoms with Crippen molar-refractivity contribution >= 4 is 8.32 Å². The molecule has 120 valence electrons. The second kappa shape index (κ2) is 8.82. The van der Waals surface area contributed by atoms with Crippen LogP contribution in [-0.4, -0.2) is 40.8 Å². The van der Waals surface area contributed by atoms with Gasteiger partial charge in [-0.2, -0.15) is 0 Å². The number of ether oxygens (including phenoxy) is 1. The van der Waals surface area contributed by atoms with E-state index >= 15 is 0 Å². The second-order valence-electron chi connectivity index (χ2n) is 6.63. The van der Waals surface area contributed by atoms with Gasteiger partial charge >= 0.3 is 0 Å². The van der Waals surface area contributed by atoms with E-state index in [0.717, 1.165) is 25.4 Å². The van der Waals surface area contributed by atoms with Gasteiger partial charge in [-0.05, 0) is 32.0 Å². The van der Waals surface area contributed by atoms with Crippen LogP contribution in [0.5, 0.6) is 0 Å². The lowest BCUT2D eigenvalue weighted by Crippen LogP contribution is -2.42. The number of hydrogen-bond donors (Lipinski definition) is 2. The highest BCUT2D eigenvalue weighted by atomic mass is 28.4. The highest BCUT2D eigenvalue weighted by Crippen LogP contribution is 2.36. The Bertz CT molecular complexity index is 288. The van der Waals surface area contributed by atoms with Gasteiger partial charge in [-0.15, -0.1) is 0 Å². The van der Waals surface area contributed by atoms with Crippen molar-refractivity contribution in [1.82, 2.24) is 10.6 Å². The van der Waals surface area contributed by atoms with Gasteiger partial charge in [0.05, 0.1) is 0 Å². The lowest BCUT2D eigenvalue weighted by Gasteiger charge is -2.36. The highest BCUT2D eigenvalue weighted by Gasteiger charge is 2.36. The minimum atomic E-state index is -1.62. The molecule has 0 heterocycles. The Hall–Kier alpha value is -0.363. The molecule has 1 unspecified atom stereocenters. The van der Waals surface area contributed by atoms with Gasteiger partial charge < -0.3 is 19.8 Å². The fourth-order valence-corrected chi connectivity index (χ4v) is 2.51.